The first-order valence-electron chi connectivity index (χ1n) is 15.7. The molecule has 0 aliphatic heterocycles. The van der Waals surface area contributed by atoms with E-state index in [4.69, 9.17) is 14.9 Å². The highest BCUT2D eigenvalue weighted by molar-refractivity contribution is 5.69. The molecule has 4 nitrogen and oxygen atoms in total. The molecule has 0 rings (SSSR count). The molecule has 0 aliphatic rings. The second-order valence-electron chi connectivity index (χ2n) is 10.7. The van der Waals surface area contributed by atoms with Gasteiger partial charge in [0.25, 0.3) is 0 Å². The molecule has 0 aliphatic carbocycles. The number of ether oxygens (including phenoxy) is 1. The van der Waals surface area contributed by atoms with E-state index < -0.39 is 6.10 Å². The highest BCUT2D eigenvalue weighted by atomic mass is 16.6. The van der Waals surface area contributed by atoms with E-state index in [1.54, 1.807) is 0 Å². The summed E-state index contributed by atoms with van der Waals surface area (Å²) < 4.78 is 4.96. The molecule has 0 atom stereocenters. The molecule has 2 N–H and O–H groups in total. The van der Waals surface area contributed by atoms with Crippen LogP contribution in [0.1, 0.15) is 174 Å². The summed E-state index contributed by atoms with van der Waals surface area (Å²) in [6.07, 6.45) is 33.8. The van der Waals surface area contributed by atoms with Gasteiger partial charge < -0.3 is 14.9 Å². The van der Waals surface area contributed by atoms with E-state index in [0.29, 0.717) is 6.42 Å². The third-order valence-corrected chi connectivity index (χ3v) is 7.19. The topological polar surface area (TPSA) is 66.8 Å². The number of rotatable bonds is 29. The zero-order chi connectivity index (χ0) is 25.7. The standard InChI is InChI=1S/C31H62O4/c1-2-3-4-5-6-7-8-9-10-11-12-13-14-15-16-17-18-19-20-21-22-23-24-25-26-27-31(34)35-30(28-32)29-33/h30,32-33H,2-29H2,1H3. The lowest BCUT2D eigenvalue weighted by Gasteiger charge is -2.12. The summed E-state index contributed by atoms with van der Waals surface area (Å²) in [7, 11) is 0. The smallest absolute Gasteiger partial charge is 0.306 e. The van der Waals surface area contributed by atoms with Gasteiger partial charge >= 0.3 is 5.97 Å². The van der Waals surface area contributed by atoms with Crippen molar-refractivity contribution < 1.29 is 19.7 Å². The zero-order valence-corrected chi connectivity index (χ0v) is 23.6. The molecule has 35 heavy (non-hydrogen) atoms. The quantitative estimate of drug-likeness (QED) is 0.0797. The number of hydrogen-bond acceptors (Lipinski definition) is 4. The Bertz CT molecular complexity index is 409. The van der Waals surface area contributed by atoms with Gasteiger partial charge in [-0.3, -0.25) is 4.79 Å². The molecular formula is C31H62O4. The van der Waals surface area contributed by atoms with Crippen LogP contribution in [0.2, 0.25) is 0 Å². The van der Waals surface area contributed by atoms with Gasteiger partial charge in [-0.05, 0) is 6.42 Å². The first-order valence-corrected chi connectivity index (χ1v) is 15.7. The summed E-state index contributed by atoms with van der Waals surface area (Å²) in [5, 5.41) is 17.8. The summed E-state index contributed by atoms with van der Waals surface area (Å²) in [5.41, 5.74) is 0. The molecule has 0 aromatic heterocycles. The number of unbranched alkanes of at least 4 members (excludes halogenated alkanes) is 24. The average Bonchev–Trinajstić information content (AvgIpc) is 2.87. The van der Waals surface area contributed by atoms with E-state index in [9.17, 15) is 4.79 Å². The largest absolute Gasteiger partial charge is 0.457 e. The number of carbonyl (C=O) groups excluding carboxylic acids is 1. The van der Waals surface area contributed by atoms with Crippen molar-refractivity contribution in [1.29, 1.82) is 0 Å². The lowest BCUT2D eigenvalue weighted by molar-refractivity contribution is -0.153. The van der Waals surface area contributed by atoms with E-state index in [0.717, 1.165) is 12.8 Å². The minimum atomic E-state index is -0.762. The molecule has 0 saturated carbocycles. The molecule has 0 saturated heterocycles. The fourth-order valence-corrected chi connectivity index (χ4v) is 4.79. The SMILES string of the molecule is CCCCCCCCCCCCCCCCCCCCCCCCCCCC(=O)OC(CO)CO. The Morgan fingerprint density at radius 2 is 0.743 bits per heavy atom. The summed E-state index contributed by atoms with van der Waals surface area (Å²) in [6.45, 7) is 1.66. The Balaban J connectivity index is 3.12. The number of aliphatic hydroxyl groups excluding tert-OH is 2. The van der Waals surface area contributed by atoms with Crippen LogP contribution in [-0.4, -0.2) is 35.5 Å². The molecule has 4 heteroatoms. The Kier molecular flexibility index (Phi) is 29.1. The van der Waals surface area contributed by atoms with Crippen LogP contribution in [0, 0.1) is 0 Å². The van der Waals surface area contributed by atoms with E-state index in [1.165, 1.54) is 148 Å². The number of hydrogen-bond donors (Lipinski definition) is 2. The van der Waals surface area contributed by atoms with E-state index in [1.807, 2.05) is 0 Å². The summed E-state index contributed by atoms with van der Waals surface area (Å²) in [6, 6.07) is 0. The molecule has 0 aromatic carbocycles. The monoisotopic (exact) mass is 498 g/mol. The van der Waals surface area contributed by atoms with Gasteiger partial charge in [-0.25, -0.2) is 0 Å². The molecule has 0 radical (unpaired) electrons. The van der Waals surface area contributed by atoms with Crippen LogP contribution in [0.3, 0.4) is 0 Å². The molecule has 210 valence electrons. The van der Waals surface area contributed by atoms with Crippen molar-refractivity contribution in [3.63, 3.8) is 0 Å². The fourth-order valence-electron chi connectivity index (χ4n) is 4.79. The molecule has 0 heterocycles. The van der Waals surface area contributed by atoms with Crippen LogP contribution in [0.5, 0.6) is 0 Å². The Morgan fingerprint density at radius 1 is 0.486 bits per heavy atom. The van der Waals surface area contributed by atoms with Crippen molar-refractivity contribution in [2.24, 2.45) is 0 Å². The minimum absolute atomic E-state index is 0.313. The zero-order valence-electron chi connectivity index (χ0n) is 23.6. The third-order valence-electron chi connectivity index (χ3n) is 7.19. The van der Waals surface area contributed by atoms with E-state index in [2.05, 4.69) is 6.92 Å². The molecule has 0 amide bonds. The van der Waals surface area contributed by atoms with Crippen LogP contribution >= 0.6 is 0 Å². The van der Waals surface area contributed by atoms with Gasteiger partial charge in [-0.1, -0.05) is 161 Å². The van der Waals surface area contributed by atoms with Gasteiger partial charge in [-0.2, -0.15) is 0 Å². The predicted octanol–water partition coefficient (Wildman–Crippen LogP) is 9.05. The van der Waals surface area contributed by atoms with Crippen molar-refractivity contribution in [2.75, 3.05) is 13.2 Å². The molecule has 0 fully saturated rings. The molecule has 0 spiro atoms. The highest BCUT2D eigenvalue weighted by Crippen LogP contribution is 2.16. The molecule has 0 bridgehead atoms. The van der Waals surface area contributed by atoms with Crippen molar-refractivity contribution in [2.45, 2.75) is 180 Å². The predicted molar refractivity (Wildman–Crippen MR) is 150 cm³/mol. The lowest BCUT2D eigenvalue weighted by Crippen LogP contribution is -2.25. The Labute approximate surface area is 219 Å². The van der Waals surface area contributed by atoms with Gasteiger partial charge in [0, 0.05) is 6.42 Å². The van der Waals surface area contributed by atoms with Crippen LogP contribution in [-0.2, 0) is 9.53 Å². The van der Waals surface area contributed by atoms with Gasteiger partial charge in [-0.15, -0.1) is 0 Å². The van der Waals surface area contributed by atoms with Crippen molar-refractivity contribution in [1.82, 2.24) is 0 Å². The second kappa shape index (κ2) is 29.6. The minimum Gasteiger partial charge on any atom is -0.457 e. The second-order valence-corrected chi connectivity index (χ2v) is 10.7. The normalized spacial score (nSPS) is 11.4. The third kappa shape index (κ3) is 27.8. The van der Waals surface area contributed by atoms with Crippen LogP contribution in [0.25, 0.3) is 0 Å². The van der Waals surface area contributed by atoms with Gasteiger partial charge in [0.15, 0.2) is 0 Å². The first kappa shape index (κ1) is 34.4. The number of esters is 1. The van der Waals surface area contributed by atoms with Gasteiger partial charge in [0.2, 0.25) is 0 Å². The van der Waals surface area contributed by atoms with Crippen molar-refractivity contribution in [3.05, 3.63) is 0 Å². The first-order chi connectivity index (χ1) is 17.2. The highest BCUT2D eigenvalue weighted by Gasteiger charge is 2.11. The summed E-state index contributed by atoms with van der Waals surface area (Å²) >= 11 is 0. The van der Waals surface area contributed by atoms with E-state index in [-0.39, 0.29) is 19.2 Å². The Morgan fingerprint density at radius 3 is 1.00 bits per heavy atom. The molecular weight excluding hydrogens is 436 g/mol. The maximum Gasteiger partial charge on any atom is 0.306 e. The van der Waals surface area contributed by atoms with Crippen LogP contribution < -0.4 is 0 Å². The van der Waals surface area contributed by atoms with Crippen LogP contribution in [0.4, 0.5) is 0 Å². The summed E-state index contributed by atoms with van der Waals surface area (Å²) in [4.78, 5) is 11.6. The molecule has 0 aromatic rings. The van der Waals surface area contributed by atoms with Crippen LogP contribution in [0.15, 0.2) is 0 Å². The maximum absolute atomic E-state index is 11.6. The van der Waals surface area contributed by atoms with Gasteiger partial charge in [0.05, 0.1) is 13.2 Å². The lowest BCUT2D eigenvalue weighted by atomic mass is 10.0. The fraction of sp³-hybridized carbons (Fsp3) is 0.968. The number of carbonyl (C=O) groups is 1. The van der Waals surface area contributed by atoms with Crippen molar-refractivity contribution in [3.8, 4) is 0 Å². The van der Waals surface area contributed by atoms with E-state index >= 15 is 0 Å². The average molecular weight is 499 g/mol. The molecule has 0 unspecified atom stereocenters. The Hall–Kier alpha value is -0.610. The number of aliphatic hydroxyl groups is 2. The van der Waals surface area contributed by atoms with Gasteiger partial charge in [0.1, 0.15) is 6.10 Å². The maximum atomic E-state index is 11.6. The summed E-state index contributed by atoms with van der Waals surface area (Å²) in [5.74, 6) is -0.313. The van der Waals surface area contributed by atoms with Crippen molar-refractivity contribution >= 4 is 5.97 Å².